The monoisotopic (exact) mass is 347 g/mol. The van der Waals surface area contributed by atoms with E-state index < -0.39 is 0 Å². The third-order valence-corrected chi connectivity index (χ3v) is 5.25. The number of likely N-dealkylation sites (tertiary alicyclic amines) is 1. The lowest BCUT2D eigenvalue weighted by atomic mass is 9.98. The molecule has 24 heavy (non-hydrogen) atoms. The van der Waals surface area contributed by atoms with Crippen LogP contribution in [0.25, 0.3) is 5.69 Å². The minimum atomic E-state index is 0.125. The van der Waals surface area contributed by atoms with Crippen LogP contribution in [0.3, 0.4) is 0 Å². The van der Waals surface area contributed by atoms with Crippen LogP contribution in [0.5, 0.6) is 5.75 Å². The summed E-state index contributed by atoms with van der Waals surface area (Å²) in [6.45, 7) is 4.22. The summed E-state index contributed by atoms with van der Waals surface area (Å²) in [7, 11) is 0. The van der Waals surface area contributed by atoms with E-state index in [4.69, 9.17) is 0 Å². The largest absolute Gasteiger partial charge is 0.508 e. The third kappa shape index (κ3) is 3.53. The topological polar surface area (TPSA) is 84.1 Å². The summed E-state index contributed by atoms with van der Waals surface area (Å²) in [5.74, 6) is 0.622. The fourth-order valence-electron chi connectivity index (χ4n) is 3.14. The van der Waals surface area contributed by atoms with E-state index in [2.05, 4.69) is 29.4 Å². The smallest absolute Gasteiger partial charge is 0.233 e. The highest BCUT2D eigenvalue weighted by atomic mass is 32.2. The molecule has 0 saturated carbocycles. The molecule has 1 amide bonds. The number of piperidine rings is 1. The maximum absolute atomic E-state index is 12.6. The molecule has 128 valence electrons. The van der Waals surface area contributed by atoms with Crippen LogP contribution in [0.4, 0.5) is 0 Å². The average molecular weight is 347 g/mol. The molecule has 0 bridgehead atoms. The fraction of sp³-hybridized carbons (Fsp3) is 0.500. The van der Waals surface area contributed by atoms with Gasteiger partial charge in [0.25, 0.3) is 0 Å². The zero-order chi connectivity index (χ0) is 17.1. The molecular weight excluding hydrogens is 326 g/mol. The lowest BCUT2D eigenvalue weighted by Gasteiger charge is -2.39. The number of nitrogens with zero attached hydrogens (tertiary/aromatic N) is 5. The van der Waals surface area contributed by atoms with Gasteiger partial charge < -0.3 is 10.0 Å². The molecule has 2 aromatic rings. The molecule has 7 nitrogen and oxygen atoms in total. The first-order chi connectivity index (χ1) is 11.6. The number of aromatic hydroxyl groups is 1. The van der Waals surface area contributed by atoms with Gasteiger partial charge in [0.2, 0.25) is 11.1 Å². The van der Waals surface area contributed by atoms with Gasteiger partial charge in [-0.3, -0.25) is 4.79 Å². The number of carbonyl (C=O) groups is 1. The number of phenolic OH excluding ortho intramolecular Hbond substituents is 1. The predicted molar refractivity (Wildman–Crippen MR) is 91.2 cm³/mol. The summed E-state index contributed by atoms with van der Waals surface area (Å²) in [5.41, 5.74) is 0.743. The number of phenols is 1. The molecule has 3 rings (SSSR count). The molecule has 0 unspecified atom stereocenters. The summed E-state index contributed by atoms with van der Waals surface area (Å²) in [6.07, 6.45) is 3.30. The second kappa shape index (κ2) is 7.21. The molecule has 0 spiro atoms. The Morgan fingerprint density at radius 2 is 1.92 bits per heavy atom. The fourth-order valence-corrected chi connectivity index (χ4v) is 3.90. The van der Waals surface area contributed by atoms with Crippen molar-refractivity contribution in [3.05, 3.63) is 24.3 Å². The molecule has 1 N–H and O–H groups in total. The number of hydrogen-bond acceptors (Lipinski definition) is 6. The number of tetrazole rings is 1. The zero-order valence-corrected chi connectivity index (χ0v) is 14.6. The predicted octanol–water partition coefficient (Wildman–Crippen LogP) is 2.25. The minimum absolute atomic E-state index is 0.125. The summed E-state index contributed by atoms with van der Waals surface area (Å²) in [6, 6.07) is 7.19. The Morgan fingerprint density at radius 3 is 2.58 bits per heavy atom. The zero-order valence-electron chi connectivity index (χ0n) is 13.8. The first-order valence-corrected chi connectivity index (χ1v) is 9.06. The Hall–Kier alpha value is -2.09. The van der Waals surface area contributed by atoms with Crippen molar-refractivity contribution in [1.82, 2.24) is 25.1 Å². The standard InChI is InChI=1S/C16H21N5O2S/c1-11-4-3-5-12(2)20(11)15(23)10-24-16-17-18-19-21(16)13-6-8-14(22)9-7-13/h6-9,11-12,22H,3-5,10H2,1-2H3/t11-,12-/m0/s1. The number of rotatable bonds is 4. The molecule has 1 aliphatic rings. The van der Waals surface area contributed by atoms with Crippen LogP contribution in [0.2, 0.25) is 0 Å². The van der Waals surface area contributed by atoms with Gasteiger partial charge in [-0.1, -0.05) is 11.8 Å². The SMILES string of the molecule is C[C@H]1CCC[C@H](C)N1C(=O)CSc1nnnn1-c1ccc(O)cc1. The molecule has 8 heteroatoms. The molecule has 1 saturated heterocycles. The Morgan fingerprint density at radius 1 is 1.25 bits per heavy atom. The lowest BCUT2D eigenvalue weighted by Crippen LogP contribution is -2.48. The van der Waals surface area contributed by atoms with Gasteiger partial charge in [-0.05, 0) is 67.8 Å². The summed E-state index contributed by atoms with van der Waals surface area (Å²) in [5, 5.41) is 21.6. The maximum atomic E-state index is 12.6. The molecule has 1 fully saturated rings. The molecule has 0 aliphatic carbocycles. The van der Waals surface area contributed by atoms with E-state index in [1.807, 2.05) is 4.90 Å². The minimum Gasteiger partial charge on any atom is -0.508 e. The summed E-state index contributed by atoms with van der Waals surface area (Å²) >= 11 is 1.33. The van der Waals surface area contributed by atoms with Crippen molar-refractivity contribution in [2.75, 3.05) is 5.75 Å². The van der Waals surface area contributed by atoms with E-state index in [1.165, 1.54) is 18.2 Å². The summed E-state index contributed by atoms with van der Waals surface area (Å²) < 4.78 is 1.57. The van der Waals surface area contributed by atoms with Gasteiger partial charge in [0.1, 0.15) is 5.75 Å². The van der Waals surface area contributed by atoms with E-state index in [0.29, 0.717) is 10.9 Å². The molecule has 1 aromatic heterocycles. The van der Waals surface area contributed by atoms with Crippen LogP contribution >= 0.6 is 11.8 Å². The van der Waals surface area contributed by atoms with Gasteiger partial charge in [0.05, 0.1) is 11.4 Å². The van der Waals surface area contributed by atoms with Gasteiger partial charge in [0, 0.05) is 12.1 Å². The van der Waals surface area contributed by atoms with Crippen LogP contribution < -0.4 is 0 Å². The number of carbonyl (C=O) groups excluding carboxylic acids is 1. The van der Waals surface area contributed by atoms with Gasteiger partial charge in [-0.2, -0.15) is 4.68 Å². The second-order valence-electron chi connectivity index (χ2n) is 6.11. The summed E-state index contributed by atoms with van der Waals surface area (Å²) in [4.78, 5) is 14.6. The Balaban J connectivity index is 1.68. The van der Waals surface area contributed by atoms with Gasteiger partial charge in [-0.15, -0.1) is 5.10 Å². The van der Waals surface area contributed by atoms with Gasteiger partial charge in [-0.25, -0.2) is 0 Å². The van der Waals surface area contributed by atoms with Crippen molar-refractivity contribution in [3.63, 3.8) is 0 Å². The Kier molecular flexibility index (Phi) is 5.03. The van der Waals surface area contributed by atoms with E-state index in [1.54, 1.807) is 28.9 Å². The van der Waals surface area contributed by atoms with Crippen LogP contribution in [0, 0.1) is 0 Å². The van der Waals surface area contributed by atoms with Gasteiger partial charge >= 0.3 is 0 Å². The van der Waals surface area contributed by atoms with Crippen LogP contribution in [0.15, 0.2) is 29.4 Å². The van der Waals surface area contributed by atoms with Crippen molar-refractivity contribution in [2.24, 2.45) is 0 Å². The van der Waals surface area contributed by atoms with Crippen molar-refractivity contribution < 1.29 is 9.90 Å². The average Bonchev–Trinajstić information content (AvgIpc) is 3.02. The number of hydrogen-bond donors (Lipinski definition) is 1. The Bertz CT molecular complexity index is 693. The number of aromatic nitrogens is 4. The van der Waals surface area contributed by atoms with E-state index in [-0.39, 0.29) is 23.7 Å². The first kappa shape index (κ1) is 16.8. The highest BCUT2D eigenvalue weighted by Crippen LogP contribution is 2.25. The van der Waals surface area contributed by atoms with Crippen molar-refractivity contribution >= 4 is 17.7 Å². The lowest BCUT2D eigenvalue weighted by molar-refractivity contribution is -0.134. The van der Waals surface area contributed by atoms with Crippen molar-refractivity contribution in [2.45, 2.75) is 50.4 Å². The van der Waals surface area contributed by atoms with E-state index in [0.717, 1.165) is 18.5 Å². The van der Waals surface area contributed by atoms with E-state index >= 15 is 0 Å². The molecule has 1 aromatic carbocycles. The van der Waals surface area contributed by atoms with Crippen LogP contribution in [-0.4, -0.2) is 54.0 Å². The van der Waals surface area contributed by atoms with Crippen LogP contribution in [0.1, 0.15) is 33.1 Å². The van der Waals surface area contributed by atoms with Gasteiger partial charge in [0.15, 0.2) is 0 Å². The quantitative estimate of drug-likeness (QED) is 0.854. The molecule has 1 aliphatic heterocycles. The maximum Gasteiger partial charge on any atom is 0.233 e. The third-order valence-electron chi connectivity index (χ3n) is 4.34. The van der Waals surface area contributed by atoms with Crippen LogP contribution in [-0.2, 0) is 4.79 Å². The number of amides is 1. The Labute approximate surface area is 145 Å². The van der Waals surface area contributed by atoms with E-state index in [9.17, 15) is 9.90 Å². The number of benzene rings is 1. The van der Waals surface area contributed by atoms with Crippen molar-refractivity contribution in [3.8, 4) is 11.4 Å². The highest BCUT2D eigenvalue weighted by Gasteiger charge is 2.29. The second-order valence-corrected chi connectivity index (χ2v) is 7.05. The molecule has 0 radical (unpaired) electrons. The first-order valence-electron chi connectivity index (χ1n) is 8.08. The molecule has 2 heterocycles. The molecular formula is C16H21N5O2S. The normalized spacial score (nSPS) is 21.0. The van der Waals surface area contributed by atoms with Crippen molar-refractivity contribution in [1.29, 1.82) is 0 Å². The number of thioether (sulfide) groups is 1. The molecule has 2 atom stereocenters. The highest BCUT2D eigenvalue weighted by molar-refractivity contribution is 7.99.